The molecule has 32 heavy (non-hydrogen) atoms. The van der Waals surface area contributed by atoms with Crippen molar-refractivity contribution in [2.45, 2.75) is 19.9 Å². The van der Waals surface area contributed by atoms with Crippen molar-refractivity contribution in [2.24, 2.45) is 7.05 Å². The lowest BCUT2D eigenvalue weighted by atomic mass is 10.1. The zero-order valence-corrected chi connectivity index (χ0v) is 18.6. The van der Waals surface area contributed by atoms with Crippen LogP contribution in [0.1, 0.15) is 12.0 Å². The highest BCUT2D eigenvalue weighted by molar-refractivity contribution is 6.31. The smallest absolute Gasteiger partial charge is 0.244 e. The van der Waals surface area contributed by atoms with E-state index < -0.39 is 0 Å². The Morgan fingerprint density at radius 2 is 2.00 bits per heavy atom. The van der Waals surface area contributed by atoms with Crippen LogP contribution in [0.15, 0.2) is 54.7 Å². The average Bonchev–Trinajstić information content (AvgIpc) is 3.34. The number of hydrogen-bond donors (Lipinski definition) is 1. The molecule has 0 atom stereocenters. The summed E-state index contributed by atoms with van der Waals surface area (Å²) in [5, 5.41) is 9.25. The lowest BCUT2D eigenvalue weighted by Crippen LogP contribution is -2.42. The van der Waals surface area contributed by atoms with E-state index in [1.807, 2.05) is 44.4 Å². The number of para-hydroxylation sites is 1. The summed E-state index contributed by atoms with van der Waals surface area (Å²) in [7, 11) is 2.00. The number of nitrogens with one attached hydrogen (secondary N) is 1. The van der Waals surface area contributed by atoms with Crippen LogP contribution < -0.4 is 10.2 Å². The van der Waals surface area contributed by atoms with Gasteiger partial charge in [-0.25, -0.2) is 4.68 Å². The molecule has 0 radical (unpaired) electrons. The predicted molar refractivity (Wildman–Crippen MR) is 126 cm³/mol. The normalized spacial score (nSPS) is 13.5. The molecule has 0 bridgehead atoms. The third-order valence-electron chi connectivity index (χ3n) is 5.82. The van der Waals surface area contributed by atoms with Gasteiger partial charge in [-0.3, -0.25) is 14.5 Å². The molecule has 7 nitrogen and oxygen atoms in total. The molecule has 0 spiro atoms. The molecule has 3 heterocycles. The van der Waals surface area contributed by atoms with E-state index in [1.165, 1.54) is 4.90 Å². The van der Waals surface area contributed by atoms with Gasteiger partial charge in [0.15, 0.2) is 0 Å². The standard InChI is InChI=1S/C24H22ClN5O2/c1-15-7-8-16(25)11-19(15)26-22(31)14-29-23-12-20(27-30(23)10-9-24(29)32)18-13-28(2)21-6-4-3-5-17(18)21/h3-8,11-13H,9-10,14H2,1-2H3,(H,26,31). The first-order valence-corrected chi connectivity index (χ1v) is 10.8. The van der Waals surface area contributed by atoms with Crippen molar-refractivity contribution in [1.82, 2.24) is 14.3 Å². The minimum atomic E-state index is -0.287. The van der Waals surface area contributed by atoms with Crippen molar-refractivity contribution in [2.75, 3.05) is 16.8 Å². The Morgan fingerprint density at radius 3 is 2.84 bits per heavy atom. The Kier molecular flexibility index (Phi) is 4.98. The largest absolute Gasteiger partial charge is 0.350 e. The number of halogens is 1. The SMILES string of the molecule is Cc1ccc(Cl)cc1NC(=O)CN1C(=O)CCn2nc(-c3cn(C)c4ccccc34)cc21. The quantitative estimate of drug-likeness (QED) is 0.504. The Morgan fingerprint density at radius 1 is 1.19 bits per heavy atom. The lowest BCUT2D eigenvalue weighted by molar-refractivity contribution is -0.122. The molecule has 0 saturated carbocycles. The molecular formula is C24H22ClN5O2. The average molecular weight is 448 g/mol. The zero-order valence-electron chi connectivity index (χ0n) is 17.8. The van der Waals surface area contributed by atoms with Crippen molar-refractivity contribution in [3.63, 3.8) is 0 Å². The number of hydrogen-bond acceptors (Lipinski definition) is 3. The van der Waals surface area contributed by atoms with E-state index >= 15 is 0 Å². The fourth-order valence-corrected chi connectivity index (χ4v) is 4.33. The fraction of sp³-hybridized carbons (Fsp3) is 0.208. The predicted octanol–water partition coefficient (Wildman–Crippen LogP) is 4.38. The Labute approximate surface area is 190 Å². The molecule has 2 amide bonds. The molecular weight excluding hydrogens is 426 g/mol. The number of carbonyl (C=O) groups excluding carboxylic acids is 2. The third kappa shape index (κ3) is 3.54. The first kappa shape index (κ1) is 20.3. The van der Waals surface area contributed by atoms with E-state index in [9.17, 15) is 9.59 Å². The zero-order chi connectivity index (χ0) is 22.4. The summed E-state index contributed by atoms with van der Waals surface area (Å²) in [5.74, 6) is 0.243. The summed E-state index contributed by atoms with van der Waals surface area (Å²) in [6.45, 7) is 2.29. The van der Waals surface area contributed by atoms with Crippen LogP contribution in [0, 0.1) is 6.92 Å². The Balaban J connectivity index is 1.45. The number of fused-ring (bicyclic) bond motifs is 2. The van der Waals surface area contributed by atoms with Crippen LogP contribution in [0.25, 0.3) is 22.2 Å². The first-order chi connectivity index (χ1) is 15.4. The van der Waals surface area contributed by atoms with E-state index in [1.54, 1.807) is 16.8 Å². The molecule has 1 N–H and O–H groups in total. The third-order valence-corrected chi connectivity index (χ3v) is 6.06. The van der Waals surface area contributed by atoms with Gasteiger partial charge in [-0.15, -0.1) is 0 Å². The van der Waals surface area contributed by atoms with Gasteiger partial charge in [0.25, 0.3) is 0 Å². The number of carbonyl (C=O) groups is 2. The second kappa shape index (κ2) is 7.84. The van der Waals surface area contributed by atoms with Crippen LogP contribution in [0.5, 0.6) is 0 Å². The van der Waals surface area contributed by atoms with Crippen molar-refractivity contribution in [3.8, 4) is 11.3 Å². The van der Waals surface area contributed by atoms with Crippen LogP contribution in [0.2, 0.25) is 5.02 Å². The summed E-state index contributed by atoms with van der Waals surface area (Å²) in [6.07, 6.45) is 2.34. The Bertz CT molecular complexity index is 1370. The van der Waals surface area contributed by atoms with Crippen LogP contribution in [-0.4, -0.2) is 32.7 Å². The summed E-state index contributed by atoms with van der Waals surface area (Å²) in [6, 6.07) is 15.3. The lowest BCUT2D eigenvalue weighted by Gasteiger charge is -2.27. The number of benzene rings is 2. The molecule has 1 aliphatic rings. The van der Waals surface area contributed by atoms with Gasteiger partial charge in [0.05, 0.1) is 12.2 Å². The topological polar surface area (TPSA) is 72.2 Å². The monoisotopic (exact) mass is 447 g/mol. The van der Waals surface area contributed by atoms with Crippen molar-refractivity contribution < 1.29 is 9.59 Å². The van der Waals surface area contributed by atoms with Gasteiger partial charge in [0.2, 0.25) is 11.8 Å². The minimum absolute atomic E-state index is 0.0918. The van der Waals surface area contributed by atoms with Crippen LogP contribution >= 0.6 is 11.6 Å². The maximum absolute atomic E-state index is 12.8. The maximum Gasteiger partial charge on any atom is 0.244 e. The van der Waals surface area contributed by atoms with Gasteiger partial charge in [-0.1, -0.05) is 35.9 Å². The molecule has 2 aromatic carbocycles. The number of aryl methyl sites for hydroxylation is 3. The van der Waals surface area contributed by atoms with Crippen LogP contribution in [-0.2, 0) is 23.2 Å². The summed E-state index contributed by atoms with van der Waals surface area (Å²) < 4.78 is 3.86. The number of rotatable bonds is 4. The van der Waals surface area contributed by atoms with E-state index in [0.717, 1.165) is 27.7 Å². The van der Waals surface area contributed by atoms with Crippen LogP contribution in [0.4, 0.5) is 11.5 Å². The van der Waals surface area contributed by atoms with Gasteiger partial charge in [-0.05, 0) is 30.7 Å². The highest BCUT2D eigenvalue weighted by Gasteiger charge is 2.29. The summed E-state index contributed by atoms with van der Waals surface area (Å²) >= 11 is 6.06. The molecule has 4 aromatic rings. The van der Waals surface area contributed by atoms with Gasteiger partial charge in [-0.2, -0.15) is 5.10 Å². The van der Waals surface area contributed by atoms with Gasteiger partial charge in [0, 0.05) is 52.9 Å². The molecule has 0 saturated heterocycles. The minimum Gasteiger partial charge on any atom is -0.350 e. The van der Waals surface area contributed by atoms with E-state index in [0.29, 0.717) is 29.5 Å². The molecule has 2 aromatic heterocycles. The second-order valence-corrected chi connectivity index (χ2v) is 8.46. The van der Waals surface area contributed by atoms with Crippen molar-refractivity contribution in [3.05, 3.63) is 65.3 Å². The number of aromatic nitrogens is 3. The highest BCUT2D eigenvalue weighted by atomic mass is 35.5. The molecule has 1 aliphatic heterocycles. The molecule has 0 aliphatic carbocycles. The number of anilines is 2. The molecule has 8 heteroatoms. The number of amides is 2. The molecule has 0 unspecified atom stereocenters. The van der Waals surface area contributed by atoms with E-state index in [2.05, 4.69) is 22.0 Å². The highest BCUT2D eigenvalue weighted by Crippen LogP contribution is 2.33. The van der Waals surface area contributed by atoms with Crippen molar-refractivity contribution >= 4 is 45.8 Å². The maximum atomic E-state index is 12.8. The van der Waals surface area contributed by atoms with Gasteiger partial charge >= 0.3 is 0 Å². The number of nitrogens with zero attached hydrogens (tertiary/aromatic N) is 4. The fourth-order valence-electron chi connectivity index (χ4n) is 4.16. The molecule has 162 valence electrons. The summed E-state index contributed by atoms with van der Waals surface area (Å²) in [5.41, 5.74) is 4.42. The van der Waals surface area contributed by atoms with E-state index in [-0.39, 0.29) is 18.4 Å². The van der Waals surface area contributed by atoms with Crippen LogP contribution in [0.3, 0.4) is 0 Å². The second-order valence-electron chi connectivity index (χ2n) is 8.02. The molecule has 5 rings (SSSR count). The van der Waals surface area contributed by atoms with Gasteiger partial charge < -0.3 is 9.88 Å². The van der Waals surface area contributed by atoms with Gasteiger partial charge in [0.1, 0.15) is 12.4 Å². The van der Waals surface area contributed by atoms with E-state index in [4.69, 9.17) is 16.7 Å². The van der Waals surface area contributed by atoms with Crippen molar-refractivity contribution in [1.29, 1.82) is 0 Å². The summed E-state index contributed by atoms with van der Waals surface area (Å²) in [4.78, 5) is 27.0. The molecule has 0 fully saturated rings. The Hall–Kier alpha value is -3.58. The first-order valence-electron chi connectivity index (χ1n) is 10.4.